The zero-order valence-electron chi connectivity index (χ0n) is 8.20. The van der Waals surface area contributed by atoms with Gasteiger partial charge in [-0.2, -0.15) is 0 Å². The van der Waals surface area contributed by atoms with Crippen LogP contribution in [0, 0.1) is 9.49 Å². The molecule has 0 saturated heterocycles. The molecule has 74 valence electrons. The van der Waals surface area contributed by atoms with E-state index in [4.69, 9.17) is 5.73 Å². The molecule has 1 aromatic carbocycles. The fraction of sp³-hybridized carbons (Fsp3) is 0.333. The monoisotopic (exact) mass is 299 g/mol. The lowest BCUT2D eigenvalue weighted by molar-refractivity contribution is 0.924. The van der Waals surface area contributed by atoms with E-state index in [2.05, 4.69) is 59.9 Å². The van der Waals surface area contributed by atoms with Crippen molar-refractivity contribution in [2.45, 2.75) is 19.4 Å². The van der Waals surface area contributed by atoms with Crippen LogP contribution in [0.4, 0.5) is 0 Å². The molecule has 1 fully saturated rings. The van der Waals surface area contributed by atoms with Crippen LogP contribution < -0.4 is 5.73 Å². The molecule has 1 saturated carbocycles. The van der Waals surface area contributed by atoms with Crippen molar-refractivity contribution in [1.82, 2.24) is 0 Å². The topological polar surface area (TPSA) is 26.0 Å². The van der Waals surface area contributed by atoms with Gasteiger partial charge >= 0.3 is 0 Å². The fourth-order valence-electron chi connectivity index (χ4n) is 1.67. The minimum absolute atomic E-state index is 0.412. The van der Waals surface area contributed by atoms with Gasteiger partial charge in [-0.3, -0.25) is 0 Å². The van der Waals surface area contributed by atoms with Crippen molar-refractivity contribution in [3.8, 4) is 0 Å². The zero-order valence-corrected chi connectivity index (χ0v) is 10.4. The Hall–Kier alpha value is -0.350. The summed E-state index contributed by atoms with van der Waals surface area (Å²) in [4.78, 5) is 0. The molecule has 0 heterocycles. The second-order valence-electron chi connectivity index (χ2n) is 3.95. The standard InChI is InChI=1S/C12H14IN/c1-8(11-7-12(11)14)6-9-2-4-10(13)5-3-9/h2-6,11-12H,7,14H2,1H3/b8-6+. The molecule has 2 rings (SSSR count). The molecule has 2 heteroatoms. The summed E-state index contributed by atoms with van der Waals surface area (Å²) in [6, 6.07) is 8.98. The summed E-state index contributed by atoms with van der Waals surface area (Å²) >= 11 is 2.32. The molecule has 14 heavy (non-hydrogen) atoms. The molecule has 2 atom stereocenters. The first-order valence-electron chi connectivity index (χ1n) is 4.86. The lowest BCUT2D eigenvalue weighted by Crippen LogP contribution is -2.02. The molecular weight excluding hydrogens is 285 g/mol. The van der Waals surface area contributed by atoms with Crippen LogP contribution in [0.25, 0.3) is 6.08 Å². The molecule has 1 aromatic rings. The number of halogens is 1. The highest BCUT2D eigenvalue weighted by molar-refractivity contribution is 14.1. The van der Waals surface area contributed by atoms with Crippen molar-refractivity contribution < 1.29 is 0 Å². The summed E-state index contributed by atoms with van der Waals surface area (Å²) in [7, 11) is 0. The van der Waals surface area contributed by atoms with Crippen molar-refractivity contribution in [2.75, 3.05) is 0 Å². The van der Waals surface area contributed by atoms with Gasteiger partial charge in [0.15, 0.2) is 0 Å². The van der Waals surface area contributed by atoms with Gasteiger partial charge in [-0.15, -0.1) is 0 Å². The van der Waals surface area contributed by atoms with Gasteiger partial charge in [0.2, 0.25) is 0 Å². The first-order chi connectivity index (χ1) is 6.66. The zero-order chi connectivity index (χ0) is 10.1. The van der Waals surface area contributed by atoms with Gasteiger partial charge in [-0.25, -0.2) is 0 Å². The molecular formula is C12H14IN. The summed E-state index contributed by atoms with van der Waals surface area (Å²) in [5.41, 5.74) is 8.50. The molecule has 1 nitrogen and oxygen atoms in total. The second kappa shape index (κ2) is 4.03. The van der Waals surface area contributed by atoms with Crippen LogP contribution in [-0.2, 0) is 0 Å². The quantitative estimate of drug-likeness (QED) is 0.835. The summed E-state index contributed by atoms with van der Waals surface area (Å²) in [5.74, 6) is 0.634. The second-order valence-corrected chi connectivity index (χ2v) is 5.19. The van der Waals surface area contributed by atoms with Crippen LogP contribution in [0.15, 0.2) is 29.8 Å². The Balaban J connectivity index is 2.12. The Morgan fingerprint density at radius 1 is 1.43 bits per heavy atom. The largest absolute Gasteiger partial charge is 0.327 e. The van der Waals surface area contributed by atoms with Crippen molar-refractivity contribution in [2.24, 2.45) is 11.7 Å². The average Bonchev–Trinajstić information content (AvgIpc) is 2.87. The smallest absolute Gasteiger partial charge is 0.0130 e. The third-order valence-electron chi connectivity index (χ3n) is 2.69. The molecule has 0 spiro atoms. The molecule has 0 amide bonds. The Labute approximate surface area is 98.5 Å². The van der Waals surface area contributed by atoms with Gasteiger partial charge in [-0.1, -0.05) is 23.8 Å². The number of rotatable bonds is 2. The molecule has 2 N–H and O–H groups in total. The lowest BCUT2D eigenvalue weighted by Gasteiger charge is -1.99. The molecule has 2 unspecified atom stereocenters. The van der Waals surface area contributed by atoms with Crippen LogP contribution >= 0.6 is 22.6 Å². The first kappa shape index (κ1) is 10.2. The van der Waals surface area contributed by atoms with E-state index in [9.17, 15) is 0 Å². The maximum Gasteiger partial charge on any atom is 0.0130 e. The minimum atomic E-state index is 0.412. The lowest BCUT2D eigenvalue weighted by atomic mass is 10.1. The van der Waals surface area contributed by atoms with Crippen LogP contribution in [0.2, 0.25) is 0 Å². The van der Waals surface area contributed by atoms with E-state index in [-0.39, 0.29) is 0 Å². The minimum Gasteiger partial charge on any atom is -0.327 e. The van der Waals surface area contributed by atoms with E-state index >= 15 is 0 Å². The number of benzene rings is 1. The van der Waals surface area contributed by atoms with Crippen molar-refractivity contribution in [1.29, 1.82) is 0 Å². The van der Waals surface area contributed by atoms with Crippen LogP contribution in [-0.4, -0.2) is 6.04 Å². The van der Waals surface area contributed by atoms with Crippen LogP contribution in [0.3, 0.4) is 0 Å². The highest BCUT2D eigenvalue weighted by Gasteiger charge is 2.34. The van der Waals surface area contributed by atoms with Crippen LogP contribution in [0.5, 0.6) is 0 Å². The van der Waals surface area contributed by atoms with Gasteiger partial charge in [0.05, 0.1) is 0 Å². The molecule has 1 aliphatic carbocycles. The van der Waals surface area contributed by atoms with Gasteiger partial charge in [-0.05, 0) is 59.5 Å². The third kappa shape index (κ3) is 2.36. The maximum absolute atomic E-state index is 5.80. The van der Waals surface area contributed by atoms with Crippen molar-refractivity contribution in [3.05, 3.63) is 39.0 Å². The van der Waals surface area contributed by atoms with Crippen LogP contribution in [0.1, 0.15) is 18.9 Å². The van der Waals surface area contributed by atoms with Crippen molar-refractivity contribution in [3.63, 3.8) is 0 Å². The predicted octanol–water partition coefficient (Wildman–Crippen LogP) is 3.04. The number of hydrogen-bond donors (Lipinski definition) is 1. The summed E-state index contributed by atoms with van der Waals surface area (Å²) < 4.78 is 1.28. The molecule has 0 radical (unpaired) electrons. The van der Waals surface area contributed by atoms with Gasteiger partial charge in [0.25, 0.3) is 0 Å². The van der Waals surface area contributed by atoms with E-state index in [0.717, 1.165) is 6.42 Å². The average molecular weight is 299 g/mol. The SMILES string of the molecule is C/C(=C\c1ccc(I)cc1)C1CC1N. The molecule has 0 aromatic heterocycles. The van der Waals surface area contributed by atoms with E-state index in [1.807, 2.05) is 0 Å². The third-order valence-corrected chi connectivity index (χ3v) is 3.41. The number of nitrogens with two attached hydrogens (primary N) is 1. The molecule has 1 aliphatic rings. The molecule has 0 bridgehead atoms. The summed E-state index contributed by atoms with van der Waals surface area (Å²) in [6.07, 6.45) is 3.40. The Morgan fingerprint density at radius 2 is 2.00 bits per heavy atom. The highest BCUT2D eigenvalue weighted by Crippen LogP contribution is 2.35. The predicted molar refractivity (Wildman–Crippen MR) is 68.9 cm³/mol. The highest BCUT2D eigenvalue weighted by atomic mass is 127. The molecule has 0 aliphatic heterocycles. The Bertz CT molecular complexity index is 353. The van der Waals surface area contributed by atoms with E-state index in [1.54, 1.807) is 0 Å². The van der Waals surface area contributed by atoms with E-state index in [0.29, 0.717) is 12.0 Å². The van der Waals surface area contributed by atoms with Crippen molar-refractivity contribution >= 4 is 28.7 Å². The van der Waals surface area contributed by atoms with Gasteiger partial charge < -0.3 is 5.73 Å². The Kier molecular flexibility index (Phi) is 2.93. The fourth-order valence-corrected chi connectivity index (χ4v) is 2.03. The maximum atomic E-state index is 5.80. The normalized spacial score (nSPS) is 26.4. The first-order valence-corrected chi connectivity index (χ1v) is 5.94. The number of hydrogen-bond acceptors (Lipinski definition) is 1. The van der Waals surface area contributed by atoms with Gasteiger partial charge in [0.1, 0.15) is 0 Å². The van der Waals surface area contributed by atoms with Gasteiger partial charge in [0, 0.05) is 9.61 Å². The van der Waals surface area contributed by atoms with E-state index in [1.165, 1.54) is 14.7 Å². The van der Waals surface area contributed by atoms with E-state index < -0.39 is 0 Å². The summed E-state index contributed by atoms with van der Waals surface area (Å²) in [5, 5.41) is 0. The summed E-state index contributed by atoms with van der Waals surface area (Å²) in [6.45, 7) is 2.18. The Morgan fingerprint density at radius 3 is 2.50 bits per heavy atom.